The summed E-state index contributed by atoms with van der Waals surface area (Å²) in [6.45, 7) is -1.37. The van der Waals surface area contributed by atoms with Gasteiger partial charge in [0.1, 0.15) is 25.4 Å². The number of hydrogen-bond donors (Lipinski definition) is 5. The third kappa shape index (κ3) is 5.90. The summed E-state index contributed by atoms with van der Waals surface area (Å²) in [7, 11) is -8.08. The molecule has 0 spiro atoms. The molecule has 1 aliphatic heterocycles. The van der Waals surface area contributed by atoms with Gasteiger partial charge in [-0.15, -0.1) is 0 Å². The number of aliphatic hydroxyl groups excluding tert-OH is 1. The second-order valence-corrected chi connectivity index (χ2v) is 12.7. The number of imidazole rings is 1. The standard InChI is InChI=1S/C18H28FN5O9P2/c1-31-7-13-22-16(21-11-4-2-3-5-11)14-17(23-13)24(9-20-14)18(19)8-32-12(15(18)25)6-33-35(29,30)10-34(26,27)28/h9,11-12,15,25H,2-8,10H2,1H3,(H,29,30)(H,21,22,23)(H2,26,27,28)/t12-,15-,18-/m1/s1. The minimum absolute atomic E-state index is 0.0562. The van der Waals surface area contributed by atoms with Crippen LogP contribution >= 0.6 is 15.2 Å². The molecule has 0 aromatic carbocycles. The molecule has 0 bridgehead atoms. The molecule has 0 amide bonds. The van der Waals surface area contributed by atoms with Crippen molar-refractivity contribution in [1.29, 1.82) is 0 Å². The molecule has 0 radical (unpaired) electrons. The highest BCUT2D eigenvalue weighted by Gasteiger charge is 2.53. The molecular weight excluding hydrogens is 511 g/mol. The number of halogens is 1. The highest BCUT2D eigenvalue weighted by Crippen LogP contribution is 2.55. The van der Waals surface area contributed by atoms with Crippen molar-refractivity contribution in [3.8, 4) is 0 Å². The summed E-state index contributed by atoms with van der Waals surface area (Å²) in [6.07, 6.45) is 1.99. The van der Waals surface area contributed by atoms with Crippen LogP contribution in [0.4, 0.5) is 10.2 Å². The van der Waals surface area contributed by atoms with Crippen molar-refractivity contribution >= 4 is 32.2 Å². The molecule has 35 heavy (non-hydrogen) atoms. The molecule has 2 aromatic rings. The Hall–Kier alpha value is -1.54. The fourth-order valence-electron chi connectivity index (χ4n) is 4.28. The van der Waals surface area contributed by atoms with E-state index in [4.69, 9.17) is 23.8 Å². The molecule has 196 valence electrons. The summed E-state index contributed by atoms with van der Waals surface area (Å²) in [5, 5.41) is 14.0. The Morgan fingerprint density at radius 2 is 2.00 bits per heavy atom. The van der Waals surface area contributed by atoms with E-state index in [1.54, 1.807) is 0 Å². The van der Waals surface area contributed by atoms with E-state index in [0.717, 1.165) is 36.6 Å². The molecule has 2 aliphatic rings. The first kappa shape index (κ1) is 26.5. The van der Waals surface area contributed by atoms with Gasteiger partial charge in [-0.1, -0.05) is 12.8 Å². The Morgan fingerprint density at radius 1 is 1.29 bits per heavy atom. The molecule has 3 heterocycles. The zero-order valence-electron chi connectivity index (χ0n) is 18.9. The van der Waals surface area contributed by atoms with Crippen LogP contribution in [-0.4, -0.2) is 83.8 Å². The number of hydrogen-bond acceptors (Lipinski definition) is 10. The lowest BCUT2D eigenvalue weighted by Crippen LogP contribution is -2.43. The summed E-state index contributed by atoms with van der Waals surface area (Å²) in [6, 6.07) is 0.192. The largest absolute Gasteiger partial charge is 0.385 e. The van der Waals surface area contributed by atoms with Crippen molar-refractivity contribution in [2.24, 2.45) is 0 Å². The van der Waals surface area contributed by atoms with E-state index in [1.807, 2.05) is 0 Å². The second kappa shape index (κ2) is 10.1. The van der Waals surface area contributed by atoms with Gasteiger partial charge in [0, 0.05) is 13.2 Å². The van der Waals surface area contributed by atoms with Crippen LogP contribution in [0.5, 0.6) is 0 Å². The van der Waals surface area contributed by atoms with Crippen LogP contribution in [0.2, 0.25) is 0 Å². The van der Waals surface area contributed by atoms with Crippen LogP contribution in [0.15, 0.2) is 6.33 Å². The smallest absolute Gasteiger partial charge is 0.340 e. The van der Waals surface area contributed by atoms with Gasteiger partial charge in [-0.2, -0.15) is 0 Å². The van der Waals surface area contributed by atoms with Gasteiger partial charge in [0.05, 0.1) is 12.9 Å². The minimum atomic E-state index is -4.84. The van der Waals surface area contributed by atoms with Crippen molar-refractivity contribution in [3.05, 3.63) is 12.2 Å². The van der Waals surface area contributed by atoms with Crippen LogP contribution in [-0.2, 0) is 35.5 Å². The Morgan fingerprint density at radius 3 is 2.66 bits per heavy atom. The van der Waals surface area contributed by atoms with Gasteiger partial charge >= 0.3 is 15.2 Å². The number of nitrogens with one attached hydrogen (secondary N) is 1. The Bertz CT molecular complexity index is 1160. The third-order valence-corrected chi connectivity index (χ3v) is 9.38. The molecule has 1 unspecified atom stereocenters. The lowest BCUT2D eigenvalue weighted by Gasteiger charge is -2.26. The lowest BCUT2D eigenvalue weighted by atomic mass is 10.1. The highest BCUT2D eigenvalue weighted by molar-refractivity contribution is 7.70. The number of alkyl halides is 1. The predicted octanol–water partition coefficient (Wildman–Crippen LogP) is 1.05. The molecule has 2 fully saturated rings. The summed E-state index contributed by atoms with van der Waals surface area (Å²) >= 11 is 0. The molecule has 1 saturated carbocycles. The minimum Gasteiger partial charge on any atom is -0.385 e. The zero-order valence-corrected chi connectivity index (χ0v) is 20.6. The summed E-state index contributed by atoms with van der Waals surface area (Å²) < 4.78 is 55.1. The first-order valence-electron chi connectivity index (χ1n) is 10.9. The number of methoxy groups -OCH3 is 1. The summed E-state index contributed by atoms with van der Waals surface area (Å²) in [5.41, 5.74) is 0.385. The average molecular weight is 539 g/mol. The van der Waals surface area contributed by atoms with E-state index in [9.17, 15) is 19.1 Å². The van der Waals surface area contributed by atoms with Crippen molar-refractivity contribution in [2.45, 2.75) is 56.3 Å². The molecular formula is C18H28FN5O9P2. The molecule has 1 saturated heterocycles. The number of nitrogens with zero attached hydrogens (tertiary/aromatic N) is 4. The van der Waals surface area contributed by atoms with Gasteiger partial charge in [0.15, 0.2) is 28.7 Å². The van der Waals surface area contributed by atoms with Crippen molar-refractivity contribution < 1.29 is 47.3 Å². The van der Waals surface area contributed by atoms with E-state index < -0.39 is 52.3 Å². The molecule has 4 atom stereocenters. The summed E-state index contributed by atoms with van der Waals surface area (Å²) in [4.78, 5) is 40.5. The van der Waals surface area contributed by atoms with E-state index in [-0.39, 0.29) is 24.1 Å². The van der Waals surface area contributed by atoms with E-state index >= 15 is 4.39 Å². The van der Waals surface area contributed by atoms with Gasteiger partial charge in [-0.05, 0) is 12.8 Å². The monoisotopic (exact) mass is 539 g/mol. The topological polar surface area (TPSA) is 198 Å². The fourth-order valence-corrected chi connectivity index (χ4v) is 6.84. The zero-order chi connectivity index (χ0) is 25.4. The van der Waals surface area contributed by atoms with Gasteiger partial charge in [-0.3, -0.25) is 13.7 Å². The lowest BCUT2D eigenvalue weighted by molar-refractivity contribution is -0.0448. The number of fused-ring (bicyclic) bond motifs is 1. The van der Waals surface area contributed by atoms with E-state index in [2.05, 4.69) is 20.3 Å². The molecule has 4 rings (SSSR count). The number of ether oxygens (including phenoxy) is 2. The first-order chi connectivity index (χ1) is 16.4. The highest BCUT2D eigenvalue weighted by atomic mass is 31.2. The van der Waals surface area contributed by atoms with Crippen LogP contribution in [0.3, 0.4) is 0 Å². The van der Waals surface area contributed by atoms with Gasteiger partial charge in [-0.25, -0.2) is 19.3 Å². The first-order valence-corrected chi connectivity index (χ1v) is 14.5. The van der Waals surface area contributed by atoms with Crippen molar-refractivity contribution in [1.82, 2.24) is 19.5 Å². The molecule has 14 nitrogen and oxygen atoms in total. The van der Waals surface area contributed by atoms with Crippen molar-refractivity contribution in [2.75, 3.05) is 31.5 Å². The third-order valence-electron chi connectivity index (χ3n) is 5.92. The second-order valence-electron chi connectivity index (χ2n) is 8.69. The van der Waals surface area contributed by atoms with Gasteiger partial charge < -0.3 is 39.1 Å². The number of anilines is 1. The molecule has 1 aliphatic carbocycles. The molecule has 2 aromatic heterocycles. The van der Waals surface area contributed by atoms with Gasteiger partial charge in [0.2, 0.25) is 5.79 Å². The predicted molar refractivity (Wildman–Crippen MR) is 119 cm³/mol. The average Bonchev–Trinajstić information content (AvgIpc) is 3.47. The molecule has 5 N–H and O–H groups in total. The SMILES string of the molecule is COCc1nc(NC2CCCC2)c2ncn([C@]3(F)CO[C@H](COP(=O)(O)CP(=O)(O)O)[C@H]3O)c2n1. The van der Waals surface area contributed by atoms with E-state index in [1.165, 1.54) is 7.11 Å². The Kier molecular flexibility index (Phi) is 7.64. The Labute approximate surface area is 199 Å². The maximum Gasteiger partial charge on any atom is 0.340 e. The van der Waals surface area contributed by atoms with Crippen LogP contribution in [0, 0.1) is 0 Å². The number of aromatic nitrogens is 4. The van der Waals surface area contributed by atoms with Crippen LogP contribution in [0.25, 0.3) is 11.2 Å². The maximum absolute atomic E-state index is 16.1. The number of rotatable bonds is 10. The molecule has 17 heteroatoms. The van der Waals surface area contributed by atoms with Gasteiger partial charge in [0.25, 0.3) is 0 Å². The quantitative estimate of drug-likeness (QED) is 0.269. The fraction of sp³-hybridized carbons (Fsp3) is 0.722. The van der Waals surface area contributed by atoms with Crippen LogP contribution in [0.1, 0.15) is 31.5 Å². The number of aliphatic hydroxyl groups is 1. The normalized spacial score (nSPS) is 27.5. The van der Waals surface area contributed by atoms with Crippen molar-refractivity contribution in [3.63, 3.8) is 0 Å². The van der Waals surface area contributed by atoms with Crippen LogP contribution < -0.4 is 5.32 Å². The van der Waals surface area contributed by atoms with E-state index in [0.29, 0.717) is 11.3 Å². The summed E-state index contributed by atoms with van der Waals surface area (Å²) in [5.74, 6) is -3.28. The maximum atomic E-state index is 16.1. The Balaban J connectivity index is 1.59.